The second-order valence-corrected chi connectivity index (χ2v) is 6.27. The number of rotatable bonds is 8. The number of likely N-dealkylation sites (N-methyl/N-ethyl adjacent to an activating group) is 1. The summed E-state index contributed by atoms with van der Waals surface area (Å²) in [6, 6.07) is 18.2. The van der Waals surface area contributed by atoms with E-state index in [2.05, 4.69) is 16.7 Å². The van der Waals surface area contributed by atoms with Crippen molar-refractivity contribution in [3.63, 3.8) is 0 Å². The van der Waals surface area contributed by atoms with Gasteiger partial charge in [-0.25, -0.2) is 0 Å². The van der Waals surface area contributed by atoms with Crippen LogP contribution in [-0.4, -0.2) is 36.3 Å². The van der Waals surface area contributed by atoms with E-state index in [1.165, 1.54) is 0 Å². The maximum atomic E-state index is 12.6. The zero-order valence-corrected chi connectivity index (χ0v) is 15.6. The smallest absolute Gasteiger partial charge is 0.257 e. The molecule has 0 aliphatic heterocycles. The first-order chi connectivity index (χ1) is 13.0. The average molecular weight is 364 g/mol. The second-order valence-electron chi connectivity index (χ2n) is 6.27. The van der Waals surface area contributed by atoms with Crippen molar-refractivity contribution in [1.82, 2.24) is 4.90 Å². The lowest BCUT2D eigenvalue weighted by atomic mass is 10.1. The third-order valence-corrected chi connectivity index (χ3v) is 4.04. The molecule has 0 saturated carbocycles. The third-order valence-electron chi connectivity index (χ3n) is 4.04. The lowest BCUT2D eigenvalue weighted by molar-refractivity contribution is -0.117. The summed E-state index contributed by atoms with van der Waals surface area (Å²) in [5.41, 5.74) is 1.54. The number of carbonyl (C=O) groups is 2. The van der Waals surface area contributed by atoms with E-state index in [1.807, 2.05) is 36.9 Å². The summed E-state index contributed by atoms with van der Waals surface area (Å²) in [5, 5.41) is 14.6. The maximum absolute atomic E-state index is 12.6. The van der Waals surface area contributed by atoms with Gasteiger partial charge in [0.1, 0.15) is 0 Å². The average Bonchev–Trinajstić information content (AvgIpc) is 2.68. The molecule has 6 nitrogen and oxygen atoms in total. The molecule has 0 aromatic heterocycles. The molecule has 1 atom stereocenters. The fourth-order valence-corrected chi connectivity index (χ4v) is 2.64. The van der Waals surface area contributed by atoms with Crippen molar-refractivity contribution < 1.29 is 9.59 Å². The van der Waals surface area contributed by atoms with E-state index in [1.54, 1.807) is 36.4 Å². The summed E-state index contributed by atoms with van der Waals surface area (Å²) in [4.78, 5) is 26.9. The van der Waals surface area contributed by atoms with E-state index in [0.717, 1.165) is 0 Å². The zero-order valence-electron chi connectivity index (χ0n) is 15.6. The number of carbonyl (C=O) groups excluding carboxylic acids is 2. The molecule has 6 heteroatoms. The zero-order chi connectivity index (χ0) is 19.6. The molecule has 140 valence electrons. The van der Waals surface area contributed by atoms with Crippen LogP contribution in [-0.2, 0) is 4.79 Å². The molecular weight excluding hydrogens is 340 g/mol. The van der Waals surface area contributed by atoms with Gasteiger partial charge in [-0.15, -0.1) is 0 Å². The van der Waals surface area contributed by atoms with Gasteiger partial charge in [0.15, 0.2) is 0 Å². The lowest BCUT2D eigenvalue weighted by Crippen LogP contribution is -2.36. The Kier molecular flexibility index (Phi) is 7.53. The number of hydrogen-bond acceptors (Lipinski definition) is 4. The van der Waals surface area contributed by atoms with Crippen LogP contribution >= 0.6 is 0 Å². The summed E-state index contributed by atoms with van der Waals surface area (Å²) in [6.45, 7) is 5.12. The molecule has 2 N–H and O–H groups in total. The fraction of sp³-hybridized carbons (Fsp3) is 0.286. The number of para-hydroxylation sites is 2. The number of nitrogens with zero attached hydrogens (tertiary/aromatic N) is 2. The standard InChI is InChI=1S/C21H24N4O2/c1-3-25(14-16(2)13-22)15-20(26)24-19-12-8-7-11-18(19)21(27)23-17-9-5-4-6-10-17/h4-12,16H,3,14-15H2,1-2H3,(H,23,27)(H,24,26). The molecule has 0 radical (unpaired) electrons. The lowest BCUT2D eigenvalue weighted by Gasteiger charge is -2.21. The van der Waals surface area contributed by atoms with Crippen LogP contribution in [0.25, 0.3) is 0 Å². The molecule has 1 unspecified atom stereocenters. The largest absolute Gasteiger partial charge is 0.324 e. The van der Waals surface area contributed by atoms with Crippen LogP contribution in [0.5, 0.6) is 0 Å². The Bertz CT molecular complexity index is 814. The Morgan fingerprint density at radius 3 is 2.41 bits per heavy atom. The molecule has 2 rings (SSSR count). The topological polar surface area (TPSA) is 85.2 Å². The van der Waals surface area contributed by atoms with E-state index in [0.29, 0.717) is 30.0 Å². The highest BCUT2D eigenvalue weighted by atomic mass is 16.2. The molecule has 0 bridgehead atoms. The van der Waals surface area contributed by atoms with Gasteiger partial charge in [-0.2, -0.15) is 5.26 Å². The predicted molar refractivity (Wildman–Crippen MR) is 106 cm³/mol. The molecule has 27 heavy (non-hydrogen) atoms. The van der Waals surface area contributed by atoms with E-state index < -0.39 is 0 Å². The van der Waals surface area contributed by atoms with Gasteiger partial charge in [-0.1, -0.05) is 37.3 Å². The van der Waals surface area contributed by atoms with Crippen molar-refractivity contribution in [2.24, 2.45) is 5.92 Å². The summed E-state index contributed by atoms with van der Waals surface area (Å²) in [5.74, 6) is -0.661. The fourth-order valence-electron chi connectivity index (χ4n) is 2.64. The monoisotopic (exact) mass is 364 g/mol. The minimum absolute atomic E-state index is 0.151. The van der Waals surface area contributed by atoms with E-state index in [-0.39, 0.29) is 24.3 Å². The van der Waals surface area contributed by atoms with Crippen LogP contribution in [0.15, 0.2) is 54.6 Å². The van der Waals surface area contributed by atoms with Crippen LogP contribution in [0, 0.1) is 17.2 Å². The number of hydrogen-bond donors (Lipinski definition) is 2. The van der Waals surface area contributed by atoms with Gasteiger partial charge in [0.05, 0.1) is 29.8 Å². The molecule has 0 aliphatic carbocycles. The maximum Gasteiger partial charge on any atom is 0.257 e. The number of benzene rings is 2. The van der Waals surface area contributed by atoms with Gasteiger partial charge in [-0.05, 0) is 37.7 Å². The molecule has 0 fully saturated rings. The molecule has 0 saturated heterocycles. The van der Waals surface area contributed by atoms with E-state index in [9.17, 15) is 9.59 Å². The number of anilines is 2. The van der Waals surface area contributed by atoms with Crippen molar-refractivity contribution in [3.05, 3.63) is 60.2 Å². The number of nitriles is 1. The summed E-state index contributed by atoms with van der Waals surface area (Å²) < 4.78 is 0. The molecule has 0 aliphatic rings. The first kappa shape index (κ1) is 20.1. The Morgan fingerprint density at radius 1 is 1.07 bits per heavy atom. The van der Waals surface area contributed by atoms with Crippen molar-refractivity contribution in [3.8, 4) is 6.07 Å². The minimum atomic E-state index is -0.289. The predicted octanol–water partition coefficient (Wildman–Crippen LogP) is 3.36. The summed E-state index contributed by atoms with van der Waals surface area (Å²) in [7, 11) is 0. The highest BCUT2D eigenvalue weighted by molar-refractivity contribution is 6.10. The van der Waals surface area contributed by atoms with Crippen molar-refractivity contribution in [2.75, 3.05) is 30.3 Å². The van der Waals surface area contributed by atoms with Gasteiger partial charge in [-0.3, -0.25) is 14.5 Å². The molecular formula is C21H24N4O2. The highest BCUT2D eigenvalue weighted by Crippen LogP contribution is 2.17. The molecule has 2 aromatic rings. The SMILES string of the molecule is CCN(CC(=O)Nc1ccccc1C(=O)Nc1ccccc1)CC(C)C#N. The Morgan fingerprint density at radius 2 is 1.74 bits per heavy atom. The van der Waals surface area contributed by atoms with Gasteiger partial charge in [0.2, 0.25) is 5.91 Å². The Balaban J connectivity index is 2.05. The highest BCUT2D eigenvalue weighted by Gasteiger charge is 2.16. The van der Waals surface area contributed by atoms with Crippen LogP contribution in [0.4, 0.5) is 11.4 Å². The van der Waals surface area contributed by atoms with Gasteiger partial charge in [0, 0.05) is 12.2 Å². The first-order valence-electron chi connectivity index (χ1n) is 8.90. The quantitative estimate of drug-likeness (QED) is 0.752. The normalized spacial score (nSPS) is 11.5. The third kappa shape index (κ3) is 6.24. The minimum Gasteiger partial charge on any atom is -0.324 e. The Labute approximate surface area is 159 Å². The van der Waals surface area contributed by atoms with Crippen LogP contribution in [0.1, 0.15) is 24.2 Å². The van der Waals surface area contributed by atoms with Gasteiger partial charge < -0.3 is 10.6 Å². The van der Waals surface area contributed by atoms with Crippen LogP contribution < -0.4 is 10.6 Å². The van der Waals surface area contributed by atoms with Gasteiger partial charge in [0.25, 0.3) is 5.91 Å². The number of nitrogens with one attached hydrogen (secondary N) is 2. The number of amides is 2. The second kappa shape index (κ2) is 10.1. The van der Waals surface area contributed by atoms with Crippen molar-refractivity contribution >= 4 is 23.2 Å². The summed E-state index contributed by atoms with van der Waals surface area (Å²) >= 11 is 0. The summed E-state index contributed by atoms with van der Waals surface area (Å²) in [6.07, 6.45) is 0. The van der Waals surface area contributed by atoms with Crippen molar-refractivity contribution in [1.29, 1.82) is 5.26 Å². The molecule has 2 amide bonds. The van der Waals surface area contributed by atoms with E-state index >= 15 is 0 Å². The van der Waals surface area contributed by atoms with Crippen LogP contribution in [0.2, 0.25) is 0 Å². The van der Waals surface area contributed by atoms with Crippen LogP contribution in [0.3, 0.4) is 0 Å². The first-order valence-corrected chi connectivity index (χ1v) is 8.90. The molecule has 0 heterocycles. The van der Waals surface area contributed by atoms with E-state index in [4.69, 9.17) is 5.26 Å². The Hall–Kier alpha value is -3.17. The molecule has 0 spiro atoms. The van der Waals surface area contributed by atoms with Gasteiger partial charge >= 0.3 is 0 Å². The van der Waals surface area contributed by atoms with Crippen molar-refractivity contribution in [2.45, 2.75) is 13.8 Å². The molecule has 2 aromatic carbocycles.